The number of amides is 1. The Hall–Kier alpha value is -1.44. The summed E-state index contributed by atoms with van der Waals surface area (Å²) in [5.74, 6) is 1.52. The molecule has 1 aromatic rings. The number of rotatable bonds is 5. The molecule has 3 fully saturated rings. The van der Waals surface area contributed by atoms with Gasteiger partial charge in [-0.2, -0.15) is 4.31 Å². The van der Waals surface area contributed by atoms with E-state index in [2.05, 4.69) is 10.2 Å². The van der Waals surface area contributed by atoms with Crippen LogP contribution in [0.1, 0.15) is 51.4 Å². The summed E-state index contributed by atoms with van der Waals surface area (Å²) >= 11 is 0. The molecule has 29 heavy (non-hydrogen) atoms. The molecule has 2 heterocycles. The second kappa shape index (κ2) is 9.14. The van der Waals surface area contributed by atoms with Gasteiger partial charge in [-0.15, -0.1) is 0 Å². The summed E-state index contributed by atoms with van der Waals surface area (Å²) in [5, 5.41) is 2.91. The molecule has 2 atom stereocenters. The monoisotopic (exact) mass is 419 g/mol. The molecule has 4 rings (SSSR count). The Bertz CT molecular complexity index is 820. The van der Waals surface area contributed by atoms with Crippen LogP contribution in [0.2, 0.25) is 0 Å². The third kappa shape index (κ3) is 5.01. The van der Waals surface area contributed by atoms with Crippen molar-refractivity contribution in [3.63, 3.8) is 0 Å². The third-order valence-corrected chi connectivity index (χ3v) is 8.71. The minimum atomic E-state index is -3.49. The zero-order valence-corrected chi connectivity index (χ0v) is 18.0. The lowest BCUT2D eigenvalue weighted by Gasteiger charge is -2.41. The molecule has 0 aromatic heterocycles. The SMILES string of the molecule is O=C(CN1CC[C@@H]2CCCC[C@H]2C1)Nc1cccc(S(=O)(=O)N2CCCCC2)c1. The molecule has 1 N–H and O–H groups in total. The van der Waals surface area contributed by atoms with E-state index in [-0.39, 0.29) is 10.8 Å². The summed E-state index contributed by atoms with van der Waals surface area (Å²) in [4.78, 5) is 15.1. The highest BCUT2D eigenvalue weighted by atomic mass is 32.2. The molecule has 2 aliphatic heterocycles. The number of likely N-dealkylation sites (tertiary alicyclic amines) is 1. The van der Waals surface area contributed by atoms with Crippen molar-refractivity contribution >= 4 is 21.6 Å². The first-order valence-corrected chi connectivity index (χ1v) is 12.6. The maximum atomic E-state index is 12.9. The van der Waals surface area contributed by atoms with Crippen molar-refractivity contribution in [1.82, 2.24) is 9.21 Å². The largest absolute Gasteiger partial charge is 0.325 e. The number of carbonyl (C=O) groups excluding carboxylic acids is 1. The molecule has 3 aliphatic rings. The van der Waals surface area contributed by atoms with E-state index in [1.165, 1.54) is 32.1 Å². The van der Waals surface area contributed by atoms with E-state index in [0.29, 0.717) is 25.3 Å². The molecule has 0 bridgehead atoms. The van der Waals surface area contributed by atoms with Crippen molar-refractivity contribution in [2.75, 3.05) is 38.0 Å². The van der Waals surface area contributed by atoms with Crippen LogP contribution >= 0.6 is 0 Å². The standard InChI is InChI=1S/C22H33N3O3S/c26-22(17-24-14-11-18-7-2-3-8-19(18)16-24)23-20-9-6-10-21(15-20)29(27,28)25-12-4-1-5-13-25/h6,9-10,15,18-19H,1-5,7-8,11-14,16-17H2,(H,23,26)/t18-,19-/m0/s1. The molecular formula is C22H33N3O3S. The van der Waals surface area contributed by atoms with Crippen molar-refractivity contribution in [3.05, 3.63) is 24.3 Å². The van der Waals surface area contributed by atoms with Crippen LogP contribution in [-0.2, 0) is 14.8 Å². The third-order valence-electron chi connectivity index (χ3n) is 6.81. The van der Waals surface area contributed by atoms with Crippen molar-refractivity contribution in [2.45, 2.75) is 56.3 Å². The van der Waals surface area contributed by atoms with Gasteiger partial charge >= 0.3 is 0 Å². The maximum Gasteiger partial charge on any atom is 0.243 e. The summed E-state index contributed by atoms with van der Waals surface area (Å²) in [5.41, 5.74) is 0.556. The Morgan fingerprint density at radius 1 is 0.966 bits per heavy atom. The number of nitrogens with one attached hydrogen (secondary N) is 1. The Labute approximate surface area is 174 Å². The molecule has 1 amide bonds. The second-order valence-corrected chi connectivity index (χ2v) is 10.8. The van der Waals surface area contributed by atoms with Crippen molar-refractivity contribution in [3.8, 4) is 0 Å². The molecule has 0 radical (unpaired) electrons. The maximum absolute atomic E-state index is 12.9. The highest BCUT2D eigenvalue weighted by molar-refractivity contribution is 7.89. The fourth-order valence-electron chi connectivity index (χ4n) is 5.21. The van der Waals surface area contributed by atoms with Gasteiger partial charge in [-0.05, 0) is 62.3 Å². The summed E-state index contributed by atoms with van der Waals surface area (Å²) in [6, 6.07) is 6.68. The highest BCUT2D eigenvalue weighted by Crippen LogP contribution is 2.35. The van der Waals surface area contributed by atoms with Gasteiger partial charge in [-0.1, -0.05) is 31.7 Å². The van der Waals surface area contributed by atoms with E-state index >= 15 is 0 Å². The van der Waals surface area contributed by atoms with Crippen LogP contribution < -0.4 is 5.32 Å². The summed E-state index contributed by atoms with van der Waals surface area (Å²) in [6.07, 6.45) is 9.42. The topological polar surface area (TPSA) is 69.7 Å². The van der Waals surface area contributed by atoms with Gasteiger partial charge in [0.05, 0.1) is 11.4 Å². The Balaban J connectivity index is 1.36. The molecule has 160 valence electrons. The average molecular weight is 420 g/mol. The van der Waals surface area contributed by atoms with E-state index in [1.54, 1.807) is 28.6 Å². The predicted molar refractivity (Wildman–Crippen MR) is 114 cm³/mol. The zero-order valence-electron chi connectivity index (χ0n) is 17.2. The lowest BCUT2D eigenvalue weighted by Crippen LogP contribution is -2.44. The molecule has 0 unspecified atom stereocenters. The first-order valence-electron chi connectivity index (χ1n) is 11.1. The number of anilines is 1. The van der Waals surface area contributed by atoms with Crippen LogP contribution in [0, 0.1) is 11.8 Å². The minimum Gasteiger partial charge on any atom is -0.325 e. The molecular weight excluding hydrogens is 386 g/mol. The first kappa shape index (κ1) is 20.8. The molecule has 1 aromatic carbocycles. The number of hydrogen-bond donors (Lipinski definition) is 1. The van der Waals surface area contributed by atoms with E-state index in [1.807, 2.05) is 0 Å². The first-order chi connectivity index (χ1) is 14.0. The van der Waals surface area contributed by atoms with Gasteiger partial charge in [0.2, 0.25) is 15.9 Å². The van der Waals surface area contributed by atoms with Crippen LogP contribution in [0.15, 0.2) is 29.2 Å². The smallest absolute Gasteiger partial charge is 0.243 e. The minimum absolute atomic E-state index is 0.0632. The fraction of sp³-hybridized carbons (Fsp3) is 0.682. The predicted octanol–water partition coefficient (Wildman–Crippen LogP) is 3.31. The Morgan fingerprint density at radius 2 is 1.72 bits per heavy atom. The summed E-state index contributed by atoms with van der Waals surface area (Å²) in [7, 11) is -3.49. The number of piperidine rings is 2. The molecule has 1 aliphatic carbocycles. The van der Waals surface area contributed by atoms with Gasteiger partial charge in [-0.25, -0.2) is 8.42 Å². The van der Waals surface area contributed by atoms with E-state index in [0.717, 1.165) is 44.2 Å². The number of hydrogen-bond acceptors (Lipinski definition) is 4. The number of fused-ring (bicyclic) bond motifs is 1. The van der Waals surface area contributed by atoms with E-state index < -0.39 is 10.0 Å². The molecule has 6 nitrogen and oxygen atoms in total. The summed E-state index contributed by atoms with van der Waals surface area (Å²) in [6.45, 7) is 3.54. The Morgan fingerprint density at radius 3 is 2.52 bits per heavy atom. The van der Waals surface area contributed by atoms with Gasteiger partial charge in [0.25, 0.3) is 0 Å². The van der Waals surface area contributed by atoms with Crippen LogP contribution in [0.4, 0.5) is 5.69 Å². The van der Waals surface area contributed by atoms with E-state index in [4.69, 9.17) is 0 Å². The lowest BCUT2D eigenvalue weighted by atomic mass is 9.75. The number of nitrogens with zero attached hydrogens (tertiary/aromatic N) is 2. The molecule has 2 saturated heterocycles. The molecule has 7 heteroatoms. The van der Waals surface area contributed by atoms with Crippen LogP contribution in [0.3, 0.4) is 0 Å². The normalized spacial score (nSPS) is 26.6. The van der Waals surface area contributed by atoms with Crippen LogP contribution in [-0.4, -0.2) is 56.3 Å². The van der Waals surface area contributed by atoms with Gasteiger partial charge in [0.1, 0.15) is 0 Å². The highest BCUT2D eigenvalue weighted by Gasteiger charge is 2.31. The van der Waals surface area contributed by atoms with Gasteiger partial charge < -0.3 is 5.32 Å². The number of benzene rings is 1. The number of carbonyl (C=O) groups is 1. The Kier molecular flexibility index (Phi) is 6.56. The zero-order chi connectivity index (χ0) is 20.3. The van der Waals surface area contributed by atoms with Crippen LogP contribution in [0.25, 0.3) is 0 Å². The lowest BCUT2D eigenvalue weighted by molar-refractivity contribution is -0.118. The average Bonchev–Trinajstić information content (AvgIpc) is 2.74. The van der Waals surface area contributed by atoms with Gasteiger partial charge in [0, 0.05) is 25.3 Å². The number of sulfonamides is 1. The summed E-state index contributed by atoms with van der Waals surface area (Å²) < 4.78 is 27.3. The molecule has 0 spiro atoms. The fourth-order valence-corrected chi connectivity index (χ4v) is 6.78. The second-order valence-electron chi connectivity index (χ2n) is 8.87. The molecule has 1 saturated carbocycles. The van der Waals surface area contributed by atoms with Crippen molar-refractivity contribution in [1.29, 1.82) is 0 Å². The van der Waals surface area contributed by atoms with Crippen LogP contribution in [0.5, 0.6) is 0 Å². The van der Waals surface area contributed by atoms with Crippen molar-refractivity contribution < 1.29 is 13.2 Å². The van der Waals surface area contributed by atoms with Gasteiger partial charge in [0.15, 0.2) is 0 Å². The van der Waals surface area contributed by atoms with Gasteiger partial charge in [-0.3, -0.25) is 9.69 Å². The quantitative estimate of drug-likeness (QED) is 0.795. The van der Waals surface area contributed by atoms with E-state index in [9.17, 15) is 13.2 Å². The van der Waals surface area contributed by atoms with Crippen molar-refractivity contribution in [2.24, 2.45) is 11.8 Å².